The van der Waals surface area contributed by atoms with Gasteiger partial charge in [0.2, 0.25) is 0 Å². The van der Waals surface area contributed by atoms with Gasteiger partial charge < -0.3 is 4.57 Å². The van der Waals surface area contributed by atoms with Crippen LogP contribution >= 0.6 is 34.3 Å². The normalized spacial score (nSPS) is 11.4. The number of rotatable bonds is 6. The van der Waals surface area contributed by atoms with Gasteiger partial charge in [-0.1, -0.05) is 53.3 Å². The molecule has 0 unspecified atom stereocenters. The minimum atomic E-state index is -0.103. The summed E-state index contributed by atoms with van der Waals surface area (Å²) in [7, 11) is 0. The van der Waals surface area contributed by atoms with Crippen molar-refractivity contribution in [2.45, 2.75) is 19.9 Å². The summed E-state index contributed by atoms with van der Waals surface area (Å²) in [6.07, 6.45) is 6.25. The topological polar surface area (TPSA) is 51.0 Å². The van der Waals surface area contributed by atoms with Crippen LogP contribution in [0, 0.1) is 6.92 Å². The molecule has 8 heteroatoms. The Hall–Kier alpha value is -2.74. The highest BCUT2D eigenvalue weighted by Gasteiger charge is 2.26. The van der Waals surface area contributed by atoms with Gasteiger partial charge in [0.15, 0.2) is 5.13 Å². The molecule has 2 aromatic carbocycles. The highest BCUT2D eigenvalue weighted by atomic mass is 35.5. The van der Waals surface area contributed by atoms with Gasteiger partial charge in [-0.15, -0.1) is 11.3 Å². The van der Waals surface area contributed by atoms with Crippen LogP contribution in [0.4, 0.5) is 5.13 Å². The second-order valence-corrected chi connectivity index (χ2v) is 9.71. The lowest BCUT2D eigenvalue weighted by atomic mass is 10.2. The molecule has 0 aliphatic heterocycles. The second kappa shape index (κ2) is 8.42. The molecule has 0 N–H and O–H groups in total. The number of thiophene rings is 1. The number of fused-ring (bicyclic) bond motifs is 2. The van der Waals surface area contributed by atoms with E-state index < -0.39 is 0 Å². The lowest BCUT2D eigenvalue weighted by Gasteiger charge is -2.19. The molecule has 0 spiro atoms. The number of thiazole rings is 1. The van der Waals surface area contributed by atoms with Crippen LogP contribution in [0.25, 0.3) is 20.3 Å². The van der Waals surface area contributed by atoms with Gasteiger partial charge in [0.05, 0.1) is 21.6 Å². The number of carbonyl (C=O) groups excluding carboxylic acids is 1. The van der Waals surface area contributed by atoms with E-state index in [1.165, 1.54) is 22.7 Å². The van der Waals surface area contributed by atoms with Crippen molar-refractivity contribution in [2.24, 2.45) is 0 Å². The predicted octanol–water partition coefficient (Wildman–Crippen LogP) is 6.41. The molecule has 0 saturated heterocycles. The van der Waals surface area contributed by atoms with E-state index in [9.17, 15) is 4.79 Å². The molecule has 0 bridgehead atoms. The lowest BCUT2D eigenvalue weighted by molar-refractivity contribution is 0.0990. The molecule has 3 heterocycles. The molecule has 5 aromatic rings. The zero-order chi connectivity index (χ0) is 21.4. The number of nitrogens with zero attached hydrogens (tertiary/aromatic N) is 4. The molecule has 0 fully saturated rings. The van der Waals surface area contributed by atoms with Crippen LogP contribution in [0.1, 0.15) is 21.7 Å². The highest BCUT2D eigenvalue weighted by molar-refractivity contribution is 7.23. The number of para-hydroxylation sites is 1. The van der Waals surface area contributed by atoms with Crippen molar-refractivity contribution in [1.82, 2.24) is 14.5 Å². The quantitative estimate of drug-likeness (QED) is 0.290. The van der Waals surface area contributed by atoms with E-state index in [4.69, 9.17) is 16.6 Å². The SMILES string of the molecule is Cc1cccc2sc(N(CCCn3ccnc3)C(=O)c3sc4ccccc4c3Cl)nc12. The Morgan fingerprint density at radius 3 is 2.74 bits per heavy atom. The zero-order valence-corrected chi connectivity index (χ0v) is 19.2. The molecule has 0 radical (unpaired) electrons. The van der Waals surface area contributed by atoms with Gasteiger partial charge >= 0.3 is 0 Å². The maximum absolute atomic E-state index is 13.7. The summed E-state index contributed by atoms with van der Waals surface area (Å²) in [5.41, 5.74) is 2.04. The van der Waals surface area contributed by atoms with Gasteiger partial charge in [-0.3, -0.25) is 9.69 Å². The van der Waals surface area contributed by atoms with Gasteiger partial charge in [-0.25, -0.2) is 9.97 Å². The Balaban J connectivity index is 1.52. The Bertz CT molecular complexity index is 1370. The third-order valence-electron chi connectivity index (χ3n) is 5.17. The number of halogens is 1. The standard InChI is InChI=1S/C23H19ClN4OS2/c1-15-6-4-9-18-20(15)26-23(31-18)28(12-5-11-27-13-10-25-14-27)22(29)21-19(24)16-7-2-3-8-17(16)30-21/h2-4,6-10,13-14H,5,11-12H2,1H3. The molecule has 0 saturated carbocycles. The van der Waals surface area contributed by atoms with Crippen molar-refractivity contribution < 1.29 is 4.79 Å². The molecule has 5 rings (SSSR count). The first-order valence-corrected chi connectivity index (χ1v) is 11.9. The average Bonchev–Trinajstić information content (AvgIpc) is 3.51. The Morgan fingerprint density at radius 1 is 1.13 bits per heavy atom. The van der Waals surface area contributed by atoms with Crippen LogP contribution in [-0.4, -0.2) is 27.0 Å². The lowest BCUT2D eigenvalue weighted by Crippen LogP contribution is -2.32. The van der Waals surface area contributed by atoms with Crippen LogP contribution in [-0.2, 0) is 6.54 Å². The summed E-state index contributed by atoms with van der Waals surface area (Å²) in [6, 6.07) is 14.0. The number of benzene rings is 2. The first kappa shape index (κ1) is 20.2. The van der Waals surface area contributed by atoms with Crippen LogP contribution in [0.2, 0.25) is 5.02 Å². The molecule has 1 amide bonds. The second-order valence-electron chi connectivity index (χ2n) is 7.27. The van der Waals surface area contributed by atoms with E-state index in [1.807, 2.05) is 60.2 Å². The molecule has 0 atom stereocenters. The third kappa shape index (κ3) is 3.84. The van der Waals surface area contributed by atoms with E-state index in [0.29, 0.717) is 21.6 Å². The van der Waals surface area contributed by atoms with E-state index in [2.05, 4.69) is 4.98 Å². The van der Waals surface area contributed by atoms with Crippen molar-refractivity contribution in [3.8, 4) is 0 Å². The first-order chi connectivity index (χ1) is 15.1. The summed E-state index contributed by atoms with van der Waals surface area (Å²) in [5, 5.41) is 2.13. The Kier molecular flexibility index (Phi) is 5.48. The van der Waals surface area contributed by atoms with E-state index >= 15 is 0 Å². The van der Waals surface area contributed by atoms with Gasteiger partial charge in [0, 0.05) is 35.6 Å². The number of hydrogen-bond acceptors (Lipinski definition) is 5. The number of hydrogen-bond donors (Lipinski definition) is 0. The molecule has 0 aliphatic rings. The van der Waals surface area contributed by atoms with Gasteiger partial charge in [-0.05, 0) is 31.0 Å². The number of amides is 1. The van der Waals surface area contributed by atoms with Crippen molar-refractivity contribution >= 4 is 65.6 Å². The minimum absolute atomic E-state index is 0.103. The van der Waals surface area contributed by atoms with Crippen LogP contribution in [0.15, 0.2) is 61.2 Å². The maximum Gasteiger partial charge on any atom is 0.271 e. The number of anilines is 1. The molecule has 31 heavy (non-hydrogen) atoms. The van der Waals surface area contributed by atoms with Crippen LogP contribution < -0.4 is 4.90 Å². The summed E-state index contributed by atoms with van der Waals surface area (Å²) in [4.78, 5) is 24.9. The fraction of sp³-hybridized carbons (Fsp3) is 0.174. The van der Waals surface area contributed by atoms with Crippen LogP contribution in [0.3, 0.4) is 0 Å². The monoisotopic (exact) mass is 466 g/mol. The van der Waals surface area contributed by atoms with Gasteiger partial charge in [0.1, 0.15) is 4.88 Å². The molecular weight excluding hydrogens is 448 g/mol. The van der Waals surface area contributed by atoms with Crippen molar-refractivity contribution in [3.63, 3.8) is 0 Å². The average molecular weight is 467 g/mol. The molecular formula is C23H19ClN4OS2. The fourth-order valence-electron chi connectivity index (χ4n) is 3.58. The van der Waals surface area contributed by atoms with Crippen LogP contribution in [0.5, 0.6) is 0 Å². The largest absolute Gasteiger partial charge is 0.337 e. The number of imidazole rings is 1. The highest BCUT2D eigenvalue weighted by Crippen LogP contribution is 2.38. The van der Waals surface area contributed by atoms with Crippen molar-refractivity contribution in [2.75, 3.05) is 11.4 Å². The van der Waals surface area contributed by atoms with Gasteiger partial charge in [-0.2, -0.15) is 0 Å². The Labute approximate surface area is 192 Å². The van der Waals surface area contributed by atoms with E-state index in [1.54, 1.807) is 17.4 Å². The smallest absolute Gasteiger partial charge is 0.271 e. The summed E-state index contributed by atoms with van der Waals surface area (Å²) in [6.45, 7) is 3.36. The minimum Gasteiger partial charge on any atom is -0.337 e. The maximum atomic E-state index is 13.7. The fourth-order valence-corrected chi connectivity index (χ4v) is 6.11. The van der Waals surface area contributed by atoms with E-state index in [-0.39, 0.29) is 5.91 Å². The van der Waals surface area contributed by atoms with E-state index in [0.717, 1.165) is 38.8 Å². The summed E-state index contributed by atoms with van der Waals surface area (Å²) < 4.78 is 4.09. The molecule has 0 aliphatic carbocycles. The molecule has 5 nitrogen and oxygen atoms in total. The van der Waals surface area contributed by atoms with Crippen molar-refractivity contribution in [3.05, 3.63) is 76.6 Å². The number of carbonyl (C=O) groups is 1. The number of aryl methyl sites for hydroxylation is 2. The summed E-state index contributed by atoms with van der Waals surface area (Å²) in [5.74, 6) is -0.103. The summed E-state index contributed by atoms with van der Waals surface area (Å²) >= 11 is 9.61. The van der Waals surface area contributed by atoms with Gasteiger partial charge in [0.25, 0.3) is 5.91 Å². The molecule has 3 aromatic heterocycles. The first-order valence-electron chi connectivity index (χ1n) is 9.92. The number of aromatic nitrogens is 3. The molecule has 156 valence electrons. The van der Waals surface area contributed by atoms with Crippen molar-refractivity contribution in [1.29, 1.82) is 0 Å². The Morgan fingerprint density at radius 2 is 1.97 bits per heavy atom. The zero-order valence-electron chi connectivity index (χ0n) is 16.8. The third-order valence-corrected chi connectivity index (χ3v) is 7.88. The predicted molar refractivity (Wildman–Crippen MR) is 130 cm³/mol.